The molecule has 2 unspecified atom stereocenters. The maximum Gasteiger partial charge on any atom is 0.119 e. The van der Waals surface area contributed by atoms with E-state index in [1.165, 1.54) is 83.5 Å². The summed E-state index contributed by atoms with van der Waals surface area (Å²) in [6, 6.07) is 8.30. The van der Waals surface area contributed by atoms with Crippen molar-refractivity contribution in [2.45, 2.75) is 97.3 Å². The van der Waals surface area contributed by atoms with Crippen molar-refractivity contribution >= 4 is 0 Å². The largest absolute Gasteiger partial charge is 0.494 e. The third-order valence-corrected chi connectivity index (χ3v) is 7.57. The molecule has 2 fully saturated rings. The van der Waals surface area contributed by atoms with Gasteiger partial charge in [-0.2, -0.15) is 0 Å². The molecule has 0 N–H and O–H groups in total. The summed E-state index contributed by atoms with van der Waals surface area (Å²) < 4.78 is 12.1. The molecular formula is C27H44O2. The lowest BCUT2D eigenvalue weighted by Crippen LogP contribution is -2.20. The molecule has 0 spiro atoms. The van der Waals surface area contributed by atoms with Gasteiger partial charge in [-0.25, -0.2) is 0 Å². The second-order valence-corrected chi connectivity index (χ2v) is 9.66. The zero-order valence-electron chi connectivity index (χ0n) is 19.0. The highest BCUT2D eigenvalue weighted by molar-refractivity contribution is 5.31. The number of ether oxygens (including phenoxy) is 2. The Hall–Kier alpha value is -1.18. The minimum atomic E-state index is 0.741. The summed E-state index contributed by atoms with van der Waals surface area (Å²) in [5.41, 5.74) is 0. The molecule has 2 atom stereocenters. The maximum atomic E-state index is 6.05. The van der Waals surface area contributed by atoms with E-state index in [0.717, 1.165) is 48.4 Å². The van der Waals surface area contributed by atoms with E-state index in [4.69, 9.17) is 9.47 Å². The predicted octanol–water partition coefficient (Wildman–Crippen LogP) is 8.05. The fourth-order valence-corrected chi connectivity index (χ4v) is 5.60. The second-order valence-electron chi connectivity index (χ2n) is 9.66. The Labute approximate surface area is 179 Å². The van der Waals surface area contributed by atoms with Crippen molar-refractivity contribution in [3.05, 3.63) is 24.3 Å². The van der Waals surface area contributed by atoms with Gasteiger partial charge in [-0.3, -0.25) is 0 Å². The molecule has 2 saturated carbocycles. The topological polar surface area (TPSA) is 18.5 Å². The molecule has 29 heavy (non-hydrogen) atoms. The fourth-order valence-electron chi connectivity index (χ4n) is 5.60. The van der Waals surface area contributed by atoms with Crippen molar-refractivity contribution in [3.8, 4) is 11.5 Å². The van der Waals surface area contributed by atoms with Gasteiger partial charge in [0, 0.05) is 0 Å². The average Bonchev–Trinajstić information content (AvgIpc) is 2.77. The molecule has 3 rings (SSSR count). The number of rotatable bonds is 11. The number of benzene rings is 1. The monoisotopic (exact) mass is 400 g/mol. The first-order valence-electron chi connectivity index (χ1n) is 12.6. The van der Waals surface area contributed by atoms with Crippen LogP contribution in [0.5, 0.6) is 11.5 Å². The van der Waals surface area contributed by atoms with Gasteiger partial charge in [0.15, 0.2) is 0 Å². The van der Waals surface area contributed by atoms with E-state index in [-0.39, 0.29) is 0 Å². The predicted molar refractivity (Wildman–Crippen MR) is 123 cm³/mol. The van der Waals surface area contributed by atoms with Crippen molar-refractivity contribution in [2.75, 3.05) is 13.2 Å². The molecule has 0 aliphatic heterocycles. The Balaban J connectivity index is 1.31. The molecule has 1 aromatic rings. The summed E-state index contributed by atoms with van der Waals surface area (Å²) in [5, 5.41) is 0. The summed E-state index contributed by atoms with van der Waals surface area (Å²) in [6.07, 6.45) is 17.9. The standard InChI is InChI=1S/C27H44O2/c1-3-8-24-9-5-6-10-25(24)11-7-20-28-26-16-18-27(19-17-26)29-21-23-14-12-22(4-2)13-15-23/h16-19,22-25H,3-15,20-21H2,1-2H3. The maximum absolute atomic E-state index is 6.05. The van der Waals surface area contributed by atoms with Crippen molar-refractivity contribution in [1.29, 1.82) is 0 Å². The Kier molecular flexibility index (Phi) is 9.70. The molecule has 164 valence electrons. The van der Waals surface area contributed by atoms with E-state index >= 15 is 0 Å². The van der Waals surface area contributed by atoms with Crippen LogP contribution in [0.3, 0.4) is 0 Å². The van der Waals surface area contributed by atoms with Gasteiger partial charge in [0.05, 0.1) is 13.2 Å². The van der Waals surface area contributed by atoms with E-state index < -0.39 is 0 Å². The van der Waals surface area contributed by atoms with Gasteiger partial charge >= 0.3 is 0 Å². The Bertz CT molecular complexity index is 542. The van der Waals surface area contributed by atoms with E-state index in [2.05, 4.69) is 38.1 Å². The Morgan fingerprint density at radius 3 is 1.93 bits per heavy atom. The minimum Gasteiger partial charge on any atom is -0.494 e. The Morgan fingerprint density at radius 2 is 1.31 bits per heavy atom. The van der Waals surface area contributed by atoms with E-state index in [1.54, 1.807) is 0 Å². The molecule has 0 amide bonds. The molecular weight excluding hydrogens is 356 g/mol. The number of hydrogen-bond acceptors (Lipinski definition) is 2. The fraction of sp³-hybridized carbons (Fsp3) is 0.778. The van der Waals surface area contributed by atoms with Crippen LogP contribution in [0.4, 0.5) is 0 Å². The van der Waals surface area contributed by atoms with Gasteiger partial charge < -0.3 is 9.47 Å². The average molecular weight is 401 g/mol. The van der Waals surface area contributed by atoms with Gasteiger partial charge in [0.2, 0.25) is 0 Å². The molecule has 2 aliphatic carbocycles. The molecule has 0 saturated heterocycles. The zero-order chi connectivity index (χ0) is 20.3. The summed E-state index contributed by atoms with van der Waals surface area (Å²) >= 11 is 0. The van der Waals surface area contributed by atoms with Crippen LogP contribution < -0.4 is 9.47 Å². The summed E-state index contributed by atoms with van der Waals surface area (Å²) in [7, 11) is 0. The molecule has 2 nitrogen and oxygen atoms in total. The second kappa shape index (κ2) is 12.5. The molecule has 0 heterocycles. The zero-order valence-corrected chi connectivity index (χ0v) is 19.0. The third kappa shape index (κ3) is 7.54. The lowest BCUT2D eigenvalue weighted by Gasteiger charge is -2.31. The van der Waals surface area contributed by atoms with Gasteiger partial charge in [0.25, 0.3) is 0 Å². The smallest absolute Gasteiger partial charge is 0.119 e. The molecule has 1 aromatic carbocycles. The van der Waals surface area contributed by atoms with E-state index in [1.807, 2.05) is 0 Å². The van der Waals surface area contributed by atoms with Gasteiger partial charge in [-0.15, -0.1) is 0 Å². The molecule has 0 radical (unpaired) electrons. The van der Waals surface area contributed by atoms with Crippen LogP contribution in [0.25, 0.3) is 0 Å². The molecule has 2 heteroatoms. The summed E-state index contributed by atoms with van der Waals surface area (Å²) in [4.78, 5) is 0. The highest BCUT2D eigenvalue weighted by Gasteiger charge is 2.23. The summed E-state index contributed by atoms with van der Waals surface area (Å²) in [5.74, 6) is 5.58. The molecule has 0 aromatic heterocycles. The third-order valence-electron chi connectivity index (χ3n) is 7.57. The minimum absolute atomic E-state index is 0.741. The summed E-state index contributed by atoms with van der Waals surface area (Å²) in [6.45, 7) is 6.37. The first-order chi connectivity index (χ1) is 14.3. The first kappa shape index (κ1) is 22.5. The van der Waals surface area contributed by atoms with Crippen molar-refractivity contribution in [1.82, 2.24) is 0 Å². The van der Waals surface area contributed by atoms with Gasteiger partial charge in [-0.1, -0.05) is 71.6 Å². The van der Waals surface area contributed by atoms with Crippen LogP contribution in [0.2, 0.25) is 0 Å². The lowest BCUT2D eigenvalue weighted by molar-refractivity contribution is 0.180. The van der Waals surface area contributed by atoms with Crippen LogP contribution in [0.1, 0.15) is 97.3 Å². The molecule has 0 bridgehead atoms. The van der Waals surface area contributed by atoms with Gasteiger partial charge in [-0.05, 0) is 73.6 Å². The molecule has 2 aliphatic rings. The van der Waals surface area contributed by atoms with Crippen molar-refractivity contribution in [2.24, 2.45) is 23.7 Å². The highest BCUT2D eigenvalue weighted by Crippen LogP contribution is 2.36. The normalized spacial score (nSPS) is 27.5. The SMILES string of the molecule is CCCC1CCCCC1CCCOc1ccc(OCC2CCC(CC)CC2)cc1. The van der Waals surface area contributed by atoms with Gasteiger partial charge in [0.1, 0.15) is 11.5 Å². The highest BCUT2D eigenvalue weighted by atomic mass is 16.5. The van der Waals surface area contributed by atoms with Crippen LogP contribution in [-0.4, -0.2) is 13.2 Å². The Morgan fingerprint density at radius 1 is 0.724 bits per heavy atom. The number of hydrogen-bond donors (Lipinski definition) is 0. The van der Waals surface area contributed by atoms with E-state index in [9.17, 15) is 0 Å². The lowest BCUT2D eigenvalue weighted by atomic mass is 9.75. The van der Waals surface area contributed by atoms with Crippen LogP contribution in [0, 0.1) is 23.7 Å². The quantitative estimate of drug-likeness (QED) is 0.350. The van der Waals surface area contributed by atoms with Crippen molar-refractivity contribution < 1.29 is 9.47 Å². The van der Waals surface area contributed by atoms with Crippen molar-refractivity contribution in [3.63, 3.8) is 0 Å². The van der Waals surface area contributed by atoms with Crippen LogP contribution >= 0.6 is 0 Å². The van der Waals surface area contributed by atoms with E-state index in [0.29, 0.717) is 0 Å². The van der Waals surface area contributed by atoms with Crippen LogP contribution in [0.15, 0.2) is 24.3 Å². The van der Waals surface area contributed by atoms with Crippen LogP contribution in [-0.2, 0) is 0 Å². The first-order valence-corrected chi connectivity index (χ1v) is 12.6.